The Labute approximate surface area is 98.3 Å². The molecule has 1 aromatic rings. The van der Waals surface area contributed by atoms with Gasteiger partial charge in [0.25, 0.3) is 6.43 Å². The first-order chi connectivity index (χ1) is 7.70. The molecule has 2 rings (SSSR count). The fourth-order valence-corrected chi connectivity index (χ4v) is 3.15. The Balaban J connectivity index is 2.19. The van der Waals surface area contributed by atoms with E-state index in [2.05, 4.69) is 5.32 Å². The summed E-state index contributed by atoms with van der Waals surface area (Å²) in [5, 5.41) is 5.08. The first-order valence-electron chi connectivity index (χ1n) is 5.47. The smallest absolute Gasteiger partial charge is 0.258 e. The van der Waals surface area contributed by atoms with Gasteiger partial charge in [-0.3, -0.25) is 4.90 Å². The molecule has 1 aromatic heterocycles. The Hall–Kier alpha value is -0.520. The normalized spacial score (nSPS) is 20.2. The van der Waals surface area contributed by atoms with Gasteiger partial charge in [-0.15, -0.1) is 11.3 Å². The quantitative estimate of drug-likeness (QED) is 0.880. The molecule has 1 saturated heterocycles. The number of aryl methyl sites for hydroxylation is 1. The lowest BCUT2D eigenvalue weighted by molar-refractivity contribution is 0.0197. The van der Waals surface area contributed by atoms with Crippen LogP contribution in [0.2, 0.25) is 0 Å². The minimum atomic E-state index is -2.31. The van der Waals surface area contributed by atoms with Crippen LogP contribution < -0.4 is 5.32 Å². The highest BCUT2D eigenvalue weighted by Crippen LogP contribution is 2.33. The van der Waals surface area contributed by atoms with Gasteiger partial charge < -0.3 is 5.32 Å². The Morgan fingerprint density at radius 1 is 1.38 bits per heavy atom. The topological polar surface area (TPSA) is 15.3 Å². The number of piperazine rings is 1. The Morgan fingerprint density at radius 2 is 2.06 bits per heavy atom. The molecule has 16 heavy (non-hydrogen) atoms. The van der Waals surface area contributed by atoms with E-state index in [0.717, 1.165) is 23.5 Å². The summed E-state index contributed by atoms with van der Waals surface area (Å²) in [7, 11) is 0. The lowest BCUT2D eigenvalue weighted by Crippen LogP contribution is -2.46. The van der Waals surface area contributed by atoms with Gasteiger partial charge in [0.1, 0.15) is 6.04 Å². The standard InChI is InChI=1S/C11H16F2N2S/c1-8-2-7-16-10(8)9(11(12)13)15-5-3-14-4-6-15/h2,7,9,11,14H,3-6H2,1H3/t9-/m1/s1. The fourth-order valence-electron chi connectivity index (χ4n) is 2.09. The highest BCUT2D eigenvalue weighted by Gasteiger charge is 2.31. The highest BCUT2D eigenvalue weighted by atomic mass is 32.1. The zero-order valence-corrected chi connectivity index (χ0v) is 10.1. The number of halogens is 2. The van der Waals surface area contributed by atoms with Crippen molar-refractivity contribution in [2.45, 2.75) is 19.4 Å². The van der Waals surface area contributed by atoms with E-state index < -0.39 is 12.5 Å². The number of hydrogen-bond acceptors (Lipinski definition) is 3. The molecule has 0 spiro atoms. The van der Waals surface area contributed by atoms with Crippen molar-refractivity contribution in [2.24, 2.45) is 0 Å². The summed E-state index contributed by atoms with van der Waals surface area (Å²) in [5.74, 6) is 0. The van der Waals surface area contributed by atoms with Gasteiger partial charge in [0.2, 0.25) is 0 Å². The van der Waals surface area contributed by atoms with E-state index in [-0.39, 0.29) is 0 Å². The number of nitrogens with zero attached hydrogens (tertiary/aromatic N) is 1. The van der Waals surface area contributed by atoms with E-state index in [1.165, 1.54) is 11.3 Å². The molecule has 0 bridgehead atoms. The van der Waals surface area contributed by atoms with Crippen LogP contribution in [0.1, 0.15) is 16.5 Å². The van der Waals surface area contributed by atoms with E-state index in [4.69, 9.17) is 0 Å². The van der Waals surface area contributed by atoms with Crippen LogP contribution in [0.4, 0.5) is 8.78 Å². The predicted octanol–water partition coefficient (Wildman–Crippen LogP) is 2.27. The number of thiophene rings is 1. The summed E-state index contributed by atoms with van der Waals surface area (Å²) in [6.45, 7) is 4.91. The number of nitrogens with one attached hydrogen (secondary N) is 1. The van der Waals surface area contributed by atoms with E-state index >= 15 is 0 Å². The maximum absolute atomic E-state index is 13.2. The van der Waals surface area contributed by atoms with Crippen molar-refractivity contribution in [3.8, 4) is 0 Å². The fraction of sp³-hybridized carbons (Fsp3) is 0.636. The van der Waals surface area contributed by atoms with Crippen LogP contribution in [0.25, 0.3) is 0 Å². The van der Waals surface area contributed by atoms with Gasteiger partial charge in [-0.05, 0) is 23.9 Å². The zero-order valence-electron chi connectivity index (χ0n) is 9.25. The SMILES string of the molecule is Cc1ccsc1[C@H](C(F)F)N1CCNCC1. The van der Waals surface area contributed by atoms with Gasteiger partial charge in [0.15, 0.2) is 0 Å². The Morgan fingerprint density at radius 3 is 2.56 bits per heavy atom. The van der Waals surface area contributed by atoms with Crippen molar-refractivity contribution in [3.05, 3.63) is 21.9 Å². The van der Waals surface area contributed by atoms with Crippen LogP contribution >= 0.6 is 11.3 Å². The largest absolute Gasteiger partial charge is 0.314 e. The molecule has 1 atom stereocenters. The second-order valence-electron chi connectivity index (χ2n) is 4.03. The number of alkyl halides is 2. The summed E-state index contributed by atoms with van der Waals surface area (Å²) in [4.78, 5) is 2.71. The maximum atomic E-state index is 13.2. The first-order valence-corrected chi connectivity index (χ1v) is 6.35. The lowest BCUT2D eigenvalue weighted by Gasteiger charge is -2.34. The van der Waals surface area contributed by atoms with E-state index in [9.17, 15) is 8.78 Å². The third-order valence-electron chi connectivity index (χ3n) is 2.95. The molecule has 1 aliphatic rings. The van der Waals surface area contributed by atoms with E-state index in [1.807, 2.05) is 23.3 Å². The third kappa shape index (κ3) is 2.42. The number of rotatable bonds is 3. The average molecular weight is 246 g/mol. The van der Waals surface area contributed by atoms with Crippen molar-refractivity contribution >= 4 is 11.3 Å². The molecule has 2 heterocycles. The summed E-state index contributed by atoms with van der Waals surface area (Å²) in [6.07, 6.45) is -2.31. The van der Waals surface area contributed by atoms with Crippen molar-refractivity contribution in [3.63, 3.8) is 0 Å². The van der Waals surface area contributed by atoms with Crippen molar-refractivity contribution in [2.75, 3.05) is 26.2 Å². The predicted molar refractivity (Wildman–Crippen MR) is 62.2 cm³/mol. The van der Waals surface area contributed by atoms with Crippen LogP contribution in [0, 0.1) is 6.92 Å². The van der Waals surface area contributed by atoms with Gasteiger partial charge in [0.05, 0.1) is 0 Å². The molecule has 0 saturated carbocycles. The molecule has 0 aromatic carbocycles. The molecule has 5 heteroatoms. The molecule has 0 aliphatic carbocycles. The third-order valence-corrected chi connectivity index (χ3v) is 4.04. The molecular weight excluding hydrogens is 230 g/mol. The van der Waals surface area contributed by atoms with Crippen molar-refractivity contribution in [1.29, 1.82) is 0 Å². The monoisotopic (exact) mass is 246 g/mol. The van der Waals surface area contributed by atoms with Gasteiger partial charge in [-0.1, -0.05) is 0 Å². The van der Waals surface area contributed by atoms with Crippen LogP contribution in [0.5, 0.6) is 0 Å². The molecular formula is C11H16F2N2S. The summed E-state index contributed by atoms with van der Waals surface area (Å²) < 4.78 is 26.3. The van der Waals surface area contributed by atoms with Gasteiger partial charge >= 0.3 is 0 Å². The second kappa shape index (κ2) is 5.21. The zero-order chi connectivity index (χ0) is 11.5. The van der Waals surface area contributed by atoms with Crippen LogP contribution in [0.3, 0.4) is 0 Å². The highest BCUT2D eigenvalue weighted by molar-refractivity contribution is 7.10. The average Bonchev–Trinajstić information content (AvgIpc) is 2.66. The maximum Gasteiger partial charge on any atom is 0.258 e. The van der Waals surface area contributed by atoms with Crippen LogP contribution in [0.15, 0.2) is 11.4 Å². The molecule has 0 amide bonds. The summed E-state index contributed by atoms with van der Waals surface area (Å²) in [6, 6.07) is 1.19. The summed E-state index contributed by atoms with van der Waals surface area (Å²) >= 11 is 1.44. The molecule has 0 radical (unpaired) electrons. The lowest BCUT2D eigenvalue weighted by atomic mass is 10.1. The van der Waals surface area contributed by atoms with E-state index in [0.29, 0.717) is 13.1 Å². The molecule has 2 nitrogen and oxygen atoms in total. The minimum absolute atomic E-state index is 0.701. The summed E-state index contributed by atoms with van der Waals surface area (Å²) in [5.41, 5.74) is 0.980. The van der Waals surface area contributed by atoms with E-state index in [1.54, 1.807) is 0 Å². The minimum Gasteiger partial charge on any atom is -0.314 e. The number of hydrogen-bond donors (Lipinski definition) is 1. The Bertz CT molecular complexity index is 334. The van der Waals surface area contributed by atoms with Gasteiger partial charge in [-0.25, -0.2) is 8.78 Å². The molecule has 1 aliphatic heterocycles. The van der Waals surface area contributed by atoms with Gasteiger partial charge in [0, 0.05) is 31.1 Å². The molecule has 1 N–H and O–H groups in total. The Kier molecular flexibility index (Phi) is 3.89. The first kappa shape index (κ1) is 12.0. The molecule has 0 unspecified atom stereocenters. The van der Waals surface area contributed by atoms with Crippen molar-refractivity contribution < 1.29 is 8.78 Å². The van der Waals surface area contributed by atoms with Gasteiger partial charge in [-0.2, -0.15) is 0 Å². The molecule has 1 fully saturated rings. The molecule has 90 valence electrons. The second-order valence-corrected chi connectivity index (χ2v) is 4.98. The van der Waals surface area contributed by atoms with Crippen LogP contribution in [-0.4, -0.2) is 37.5 Å². The van der Waals surface area contributed by atoms with Crippen LogP contribution in [-0.2, 0) is 0 Å². The van der Waals surface area contributed by atoms with Crippen molar-refractivity contribution in [1.82, 2.24) is 10.2 Å².